The van der Waals surface area contributed by atoms with Gasteiger partial charge in [0.1, 0.15) is 0 Å². The fourth-order valence-corrected chi connectivity index (χ4v) is 1.34. The van der Waals surface area contributed by atoms with Crippen molar-refractivity contribution in [1.29, 1.82) is 0 Å². The predicted molar refractivity (Wildman–Crippen MR) is 64.5 cm³/mol. The average molecular weight is 214 g/mol. The van der Waals surface area contributed by atoms with Gasteiger partial charge in [0.05, 0.1) is 6.61 Å². The van der Waals surface area contributed by atoms with Crippen molar-refractivity contribution < 1.29 is 4.74 Å². The number of allylic oxidation sites excluding steroid dienone is 1. The third kappa shape index (κ3) is 9.76. The SMILES string of the molecule is CC=C(COCCCCCCCC)N[O-]. The molecule has 0 aliphatic rings. The Morgan fingerprint density at radius 2 is 1.87 bits per heavy atom. The summed E-state index contributed by atoms with van der Waals surface area (Å²) in [7, 11) is 0. The maximum absolute atomic E-state index is 10.3. The molecule has 0 heterocycles. The van der Waals surface area contributed by atoms with E-state index >= 15 is 0 Å². The number of hydroxylamine groups is 1. The lowest BCUT2D eigenvalue weighted by atomic mass is 10.1. The third-order valence-corrected chi connectivity index (χ3v) is 2.38. The summed E-state index contributed by atoms with van der Waals surface area (Å²) >= 11 is 0. The van der Waals surface area contributed by atoms with Crippen molar-refractivity contribution in [2.75, 3.05) is 13.2 Å². The fraction of sp³-hybridized carbons (Fsp3) is 0.833. The highest BCUT2D eigenvalue weighted by Crippen LogP contribution is 2.05. The van der Waals surface area contributed by atoms with Gasteiger partial charge in [-0.05, 0) is 13.3 Å². The van der Waals surface area contributed by atoms with Gasteiger partial charge in [-0.3, -0.25) is 0 Å². The van der Waals surface area contributed by atoms with Crippen molar-refractivity contribution in [3.05, 3.63) is 17.0 Å². The molecule has 1 N–H and O–H groups in total. The van der Waals surface area contributed by atoms with Crippen molar-refractivity contribution in [3.8, 4) is 0 Å². The number of hydrogen-bond acceptors (Lipinski definition) is 3. The van der Waals surface area contributed by atoms with E-state index in [0.29, 0.717) is 12.3 Å². The van der Waals surface area contributed by atoms with E-state index in [1.165, 1.54) is 32.1 Å². The topological polar surface area (TPSA) is 44.3 Å². The lowest BCUT2D eigenvalue weighted by molar-refractivity contribution is 0.148. The minimum Gasteiger partial charge on any atom is -0.761 e. The molecule has 0 saturated carbocycles. The van der Waals surface area contributed by atoms with Gasteiger partial charge >= 0.3 is 0 Å². The van der Waals surface area contributed by atoms with Crippen LogP contribution in [-0.2, 0) is 4.74 Å². The summed E-state index contributed by atoms with van der Waals surface area (Å²) in [6.07, 6.45) is 9.33. The number of rotatable bonds is 10. The Labute approximate surface area is 93.5 Å². The second-order valence-electron chi connectivity index (χ2n) is 3.74. The van der Waals surface area contributed by atoms with E-state index in [1.54, 1.807) is 6.08 Å². The molecule has 3 heteroatoms. The molecule has 0 unspecified atom stereocenters. The molecule has 0 aromatic heterocycles. The van der Waals surface area contributed by atoms with Crippen LogP contribution in [0.3, 0.4) is 0 Å². The summed E-state index contributed by atoms with van der Waals surface area (Å²) in [5.41, 5.74) is 2.47. The Hall–Kier alpha value is -0.540. The Balaban J connectivity index is 3.11. The second-order valence-corrected chi connectivity index (χ2v) is 3.74. The van der Waals surface area contributed by atoms with Gasteiger partial charge in [-0.1, -0.05) is 45.1 Å². The molecule has 0 fully saturated rings. The number of ether oxygens (including phenoxy) is 1. The van der Waals surface area contributed by atoms with Crippen molar-refractivity contribution >= 4 is 0 Å². The van der Waals surface area contributed by atoms with Crippen LogP contribution in [0.1, 0.15) is 52.4 Å². The van der Waals surface area contributed by atoms with E-state index in [4.69, 9.17) is 4.74 Å². The van der Waals surface area contributed by atoms with Gasteiger partial charge < -0.3 is 15.4 Å². The second kappa shape index (κ2) is 11.5. The average Bonchev–Trinajstić information content (AvgIpc) is 2.27. The monoisotopic (exact) mass is 214 g/mol. The molecule has 0 aromatic carbocycles. The van der Waals surface area contributed by atoms with Crippen molar-refractivity contribution in [2.24, 2.45) is 0 Å². The van der Waals surface area contributed by atoms with Gasteiger partial charge in [-0.2, -0.15) is 0 Å². The number of hydrogen-bond donors (Lipinski definition) is 1. The van der Waals surface area contributed by atoms with Crippen LogP contribution in [-0.4, -0.2) is 13.2 Å². The standard InChI is InChI=1S/C12H24NO2/c1-3-5-6-7-8-9-10-15-11-12(4-2)13-14/h4,13H,3,5-11H2,1-2H3/q-1. The van der Waals surface area contributed by atoms with Gasteiger partial charge in [0.2, 0.25) is 0 Å². The van der Waals surface area contributed by atoms with Crippen LogP contribution in [0.2, 0.25) is 0 Å². The molecule has 0 aromatic rings. The maximum atomic E-state index is 10.3. The molecule has 0 saturated heterocycles. The molecular weight excluding hydrogens is 190 g/mol. The minimum absolute atomic E-state index is 0.412. The molecule has 0 radical (unpaired) electrons. The van der Waals surface area contributed by atoms with E-state index in [1.807, 2.05) is 12.4 Å². The van der Waals surface area contributed by atoms with Gasteiger partial charge in [0.25, 0.3) is 0 Å². The van der Waals surface area contributed by atoms with Crippen LogP contribution >= 0.6 is 0 Å². The Bertz CT molecular complexity index is 158. The first-order chi connectivity index (χ1) is 7.35. The fourth-order valence-electron chi connectivity index (χ4n) is 1.34. The zero-order valence-electron chi connectivity index (χ0n) is 10.1. The summed E-state index contributed by atoms with van der Waals surface area (Å²) in [4.78, 5) is 0. The summed E-state index contributed by atoms with van der Waals surface area (Å²) in [5, 5.41) is 10.3. The molecule has 0 rings (SSSR count). The zero-order chi connectivity index (χ0) is 11.4. The molecule has 0 bridgehead atoms. The highest BCUT2D eigenvalue weighted by molar-refractivity contribution is 4.97. The molecule has 90 valence electrons. The molecule has 3 nitrogen and oxygen atoms in total. The minimum atomic E-state index is 0.412. The molecule has 15 heavy (non-hydrogen) atoms. The Morgan fingerprint density at radius 3 is 2.47 bits per heavy atom. The van der Waals surface area contributed by atoms with Crippen LogP contribution in [0.25, 0.3) is 0 Å². The van der Waals surface area contributed by atoms with E-state index in [2.05, 4.69) is 6.92 Å². The van der Waals surface area contributed by atoms with E-state index in [-0.39, 0.29) is 0 Å². The summed E-state index contributed by atoms with van der Waals surface area (Å²) in [6.45, 7) is 5.21. The van der Waals surface area contributed by atoms with Gasteiger partial charge in [-0.25, -0.2) is 0 Å². The normalized spacial score (nSPS) is 11.8. The van der Waals surface area contributed by atoms with E-state index < -0.39 is 0 Å². The summed E-state index contributed by atoms with van der Waals surface area (Å²) < 4.78 is 5.35. The zero-order valence-corrected chi connectivity index (χ0v) is 10.1. The lowest BCUT2D eigenvalue weighted by Gasteiger charge is -2.13. The van der Waals surface area contributed by atoms with Crippen LogP contribution in [0.4, 0.5) is 0 Å². The van der Waals surface area contributed by atoms with Gasteiger partial charge in [-0.15, -0.1) is 0 Å². The van der Waals surface area contributed by atoms with E-state index in [9.17, 15) is 5.21 Å². The van der Waals surface area contributed by atoms with Crippen LogP contribution < -0.4 is 5.48 Å². The maximum Gasteiger partial charge on any atom is 0.0851 e. The molecule has 0 amide bonds. The highest BCUT2D eigenvalue weighted by atomic mass is 16.5. The van der Waals surface area contributed by atoms with Crippen molar-refractivity contribution in [1.82, 2.24) is 5.48 Å². The largest absolute Gasteiger partial charge is 0.761 e. The first-order valence-electron chi connectivity index (χ1n) is 5.96. The van der Waals surface area contributed by atoms with Crippen LogP contribution in [0.5, 0.6) is 0 Å². The molecule has 0 spiro atoms. The number of unbranched alkanes of at least 4 members (excludes halogenated alkanes) is 5. The third-order valence-electron chi connectivity index (χ3n) is 2.38. The summed E-state index contributed by atoms with van der Waals surface area (Å²) in [6, 6.07) is 0. The Morgan fingerprint density at radius 1 is 1.20 bits per heavy atom. The quantitative estimate of drug-likeness (QED) is 0.448. The van der Waals surface area contributed by atoms with Gasteiger partial charge in [0, 0.05) is 12.3 Å². The highest BCUT2D eigenvalue weighted by Gasteiger charge is 1.92. The summed E-state index contributed by atoms with van der Waals surface area (Å²) in [5.74, 6) is 0. The molecule has 0 atom stereocenters. The van der Waals surface area contributed by atoms with E-state index in [0.717, 1.165) is 13.0 Å². The number of nitrogens with one attached hydrogen (secondary N) is 1. The van der Waals surface area contributed by atoms with Crippen molar-refractivity contribution in [2.45, 2.75) is 52.4 Å². The molecule has 0 aliphatic carbocycles. The predicted octanol–water partition coefficient (Wildman–Crippen LogP) is 3.35. The lowest BCUT2D eigenvalue weighted by Crippen LogP contribution is -2.10. The smallest absolute Gasteiger partial charge is 0.0851 e. The van der Waals surface area contributed by atoms with Gasteiger partial charge in [0.15, 0.2) is 0 Å². The van der Waals surface area contributed by atoms with Crippen LogP contribution in [0, 0.1) is 5.21 Å². The first kappa shape index (κ1) is 14.5. The van der Waals surface area contributed by atoms with Crippen molar-refractivity contribution in [3.63, 3.8) is 0 Å². The molecular formula is C12H24NO2-. The first-order valence-corrected chi connectivity index (χ1v) is 5.96. The van der Waals surface area contributed by atoms with Crippen LogP contribution in [0.15, 0.2) is 11.8 Å². The Kier molecular flexibility index (Phi) is 11.1. The molecule has 0 aliphatic heterocycles.